The van der Waals surface area contributed by atoms with E-state index in [9.17, 15) is 0 Å². The lowest BCUT2D eigenvalue weighted by Gasteiger charge is -2.01. The molecule has 0 atom stereocenters. The number of hydrogen-bond donors (Lipinski definition) is 1. The van der Waals surface area contributed by atoms with Crippen molar-refractivity contribution >= 4 is 17.3 Å². The van der Waals surface area contributed by atoms with Crippen LogP contribution in [0.5, 0.6) is 0 Å². The van der Waals surface area contributed by atoms with Gasteiger partial charge in [-0.3, -0.25) is 0 Å². The summed E-state index contributed by atoms with van der Waals surface area (Å²) in [4.78, 5) is 0. The Balaban J connectivity index is 2.28. The van der Waals surface area contributed by atoms with Crippen LogP contribution in [-0.4, -0.2) is 10.9 Å². The van der Waals surface area contributed by atoms with Gasteiger partial charge in [-0.15, -0.1) is 0 Å². The first-order valence-corrected chi connectivity index (χ1v) is 4.67. The highest BCUT2D eigenvalue weighted by Crippen LogP contribution is 2.33. The fourth-order valence-electron chi connectivity index (χ4n) is 1.35. The van der Waals surface area contributed by atoms with Gasteiger partial charge in [-0.1, -0.05) is 28.9 Å². The lowest BCUT2D eigenvalue weighted by atomic mass is 10.1. The fraction of sp³-hybridized carbons (Fsp3) is 0.300. The van der Waals surface area contributed by atoms with Gasteiger partial charge in [-0.05, 0) is 30.5 Å². The summed E-state index contributed by atoms with van der Waals surface area (Å²) in [7, 11) is 0. The summed E-state index contributed by atoms with van der Waals surface area (Å²) in [5.41, 5.74) is 1.76. The molecule has 2 rings (SSSR count). The maximum Gasteiger partial charge on any atom is 0.0898 e. The zero-order chi connectivity index (χ0) is 9.26. The molecule has 0 bridgehead atoms. The molecule has 0 heterocycles. The van der Waals surface area contributed by atoms with Crippen LogP contribution < -0.4 is 0 Å². The fourth-order valence-corrected chi connectivity index (χ4v) is 1.48. The molecule has 1 aromatic rings. The van der Waals surface area contributed by atoms with E-state index in [2.05, 4.69) is 5.16 Å². The van der Waals surface area contributed by atoms with Crippen molar-refractivity contribution in [1.29, 1.82) is 0 Å². The van der Waals surface area contributed by atoms with Crippen molar-refractivity contribution in [3.8, 4) is 0 Å². The van der Waals surface area contributed by atoms with Gasteiger partial charge < -0.3 is 5.21 Å². The smallest absolute Gasteiger partial charge is 0.0898 e. The first-order valence-electron chi connectivity index (χ1n) is 4.29. The van der Waals surface area contributed by atoms with E-state index in [0.717, 1.165) is 24.1 Å². The van der Waals surface area contributed by atoms with Gasteiger partial charge in [-0.25, -0.2) is 0 Å². The molecule has 3 heteroatoms. The van der Waals surface area contributed by atoms with E-state index in [1.807, 2.05) is 24.3 Å². The molecular weight excluding hydrogens is 186 g/mol. The predicted octanol–water partition coefficient (Wildman–Crippen LogP) is 2.93. The molecule has 68 valence electrons. The molecule has 0 aromatic heterocycles. The Morgan fingerprint density at radius 1 is 1.31 bits per heavy atom. The minimum atomic E-state index is 0.450. The van der Waals surface area contributed by atoms with Crippen LogP contribution in [0.3, 0.4) is 0 Å². The van der Waals surface area contributed by atoms with Gasteiger partial charge in [-0.2, -0.15) is 0 Å². The number of benzene rings is 1. The molecule has 1 N–H and O–H groups in total. The summed E-state index contributed by atoms with van der Waals surface area (Å²) in [5.74, 6) is 0.450. The third-order valence-electron chi connectivity index (χ3n) is 2.21. The summed E-state index contributed by atoms with van der Waals surface area (Å²) in [6.07, 6.45) is 2.25. The van der Waals surface area contributed by atoms with Gasteiger partial charge in [0.2, 0.25) is 0 Å². The number of oxime groups is 1. The van der Waals surface area contributed by atoms with Crippen LogP contribution in [0.4, 0.5) is 0 Å². The van der Waals surface area contributed by atoms with Crippen molar-refractivity contribution in [2.45, 2.75) is 12.8 Å². The largest absolute Gasteiger partial charge is 0.411 e. The van der Waals surface area contributed by atoms with Gasteiger partial charge >= 0.3 is 0 Å². The van der Waals surface area contributed by atoms with E-state index >= 15 is 0 Å². The average molecular weight is 196 g/mol. The van der Waals surface area contributed by atoms with Crippen molar-refractivity contribution in [2.75, 3.05) is 0 Å². The minimum absolute atomic E-state index is 0.450. The number of hydrogen-bond acceptors (Lipinski definition) is 2. The summed E-state index contributed by atoms with van der Waals surface area (Å²) in [6.45, 7) is 0. The average Bonchev–Trinajstić information content (AvgIpc) is 2.93. The summed E-state index contributed by atoms with van der Waals surface area (Å²) in [6, 6.07) is 7.39. The SMILES string of the molecule is ON=C(c1ccc(Cl)cc1)C1CC1. The Bertz CT molecular complexity index is 327. The Morgan fingerprint density at radius 3 is 2.38 bits per heavy atom. The van der Waals surface area contributed by atoms with Gasteiger partial charge in [0.15, 0.2) is 0 Å². The first kappa shape index (κ1) is 8.57. The van der Waals surface area contributed by atoms with Crippen molar-refractivity contribution in [1.82, 2.24) is 0 Å². The number of nitrogens with zero attached hydrogens (tertiary/aromatic N) is 1. The van der Waals surface area contributed by atoms with Crippen LogP contribution in [0, 0.1) is 5.92 Å². The predicted molar refractivity (Wildman–Crippen MR) is 52.5 cm³/mol. The highest BCUT2D eigenvalue weighted by molar-refractivity contribution is 6.30. The highest BCUT2D eigenvalue weighted by atomic mass is 35.5. The van der Waals surface area contributed by atoms with Gasteiger partial charge in [0.1, 0.15) is 0 Å². The second-order valence-electron chi connectivity index (χ2n) is 3.27. The monoisotopic (exact) mass is 195 g/mol. The topological polar surface area (TPSA) is 32.6 Å². The molecule has 2 nitrogen and oxygen atoms in total. The molecule has 1 aliphatic carbocycles. The lowest BCUT2D eigenvalue weighted by Crippen LogP contribution is -2.02. The van der Waals surface area contributed by atoms with E-state index in [1.165, 1.54) is 0 Å². The second-order valence-corrected chi connectivity index (χ2v) is 3.70. The molecule has 0 radical (unpaired) electrons. The maximum atomic E-state index is 8.81. The van der Waals surface area contributed by atoms with Crippen molar-refractivity contribution in [3.05, 3.63) is 34.9 Å². The molecule has 0 saturated heterocycles. The Labute approximate surface area is 81.8 Å². The Hall–Kier alpha value is -1.02. The van der Waals surface area contributed by atoms with Crippen LogP contribution in [-0.2, 0) is 0 Å². The first-order chi connectivity index (χ1) is 6.31. The normalized spacial score (nSPS) is 17.5. The number of halogens is 1. The molecule has 0 aliphatic heterocycles. The second kappa shape index (κ2) is 3.38. The zero-order valence-corrected chi connectivity index (χ0v) is 7.83. The molecule has 0 amide bonds. The maximum absolute atomic E-state index is 8.81. The van der Waals surface area contributed by atoms with Crippen LogP contribution in [0.15, 0.2) is 29.4 Å². The number of rotatable bonds is 2. The lowest BCUT2D eigenvalue weighted by molar-refractivity contribution is 0.317. The quantitative estimate of drug-likeness (QED) is 0.439. The molecule has 0 unspecified atom stereocenters. The van der Waals surface area contributed by atoms with Crippen molar-refractivity contribution in [2.24, 2.45) is 11.1 Å². The standard InChI is InChI=1S/C10H10ClNO/c11-9-5-3-8(4-6-9)10(12-13)7-1-2-7/h3-7,13H,1-2H2. The summed E-state index contributed by atoms with van der Waals surface area (Å²) < 4.78 is 0. The van der Waals surface area contributed by atoms with E-state index < -0.39 is 0 Å². The van der Waals surface area contributed by atoms with Crippen LogP contribution in [0.2, 0.25) is 5.02 Å². The van der Waals surface area contributed by atoms with Crippen molar-refractivity contribution < 1.29 is 5.21 Å². The minimum Gasteiger partial charge on any atom is -0.411 e. The van der Waals surface area contributed by atoms with Crippen LogP contribution in [0.1, 0.15) is 18.4 Å². The van der Waals surface area contributed by atoms with Crippen molar-refractivity contribution in [3.63, 3.8) is 0 Å². The van der Waals surface area contributed by atoms with Gasteiger partial charge in [0.25, 0.3) is 0 Å². The molecule has 1 fully saturated rings. The molecule has 1 saturated carbocycles. The Kier molecular flexibility index (Phi) is 2.23. The van der Waals surface area contributed by atoms with Crippen LogP contribution in [0.25, 0.3) is 0 Å². The van der Waals surface area contributed by atoms with E-state index in [-0.39, 0.29) is 0 Å². The molecule has 1 aliphatic rings. The third-order valence-corrected chi connectivity index (χ3v) is 2.46. The third kappa shape index (κ3) is 1.83. The van der Waals surface area contributed by atoms with Gasteiger partial charge in [0.05, 0.1) is 5.71 Å². The molecular formula is C10H10ClNO. The molecule has 0 spiro atoms. The summed E-state index contributed by atoms with van der Waals surface area (Å²) in [5, 5.41) is 12.8. The van der Waals surface area contributed by atoms with Crippen LogP contribution >= 0.6 is 11.6 Å². The highest BCUT2D eigenvalue weighted by Gasteiger charge is 2.28. The Morgan fingerprint density at radius 2 is 1.92 bits per heavy atom. The molecule has 13 heavy (non-hydrogen) atoms. The van der Waals surface area contributed by atoms with E-state index in [4.69, 9.17) is 16.8 Å². The van der Waals surface area contributed by atoms with E-state index in [0.29, 0.717) is 10.9 Å². The van der Waals surface area contributed by atoms with Gasteiger partial charge in [0, 0.05) is 10.9 Å². The van der Waals surface area contributed by atoms with E-state index in [1.54, 1.807) is 0 Å². The molecule has 1 aromatic carbocycles. The summed E-state index contributed by atoms with van der Waals surface area (Å²) >= 11 is 5.75. The zero-order valence-electron chi connectivity index (χ0n) is 7.07.